The molecule has 0 aromatic rings. The summed E-state index contributed by atoms with van der Waals surface area (Å²) in [5.41, 5.74) is 0. The lowest BCUT2D eigenvalue weighted by atomic mass is 9.99. The molecular formula is C12H22N2O6S. The first-order valence-electron chi connectivity index (χ1n) is 7.00. The Morgan fingerprint density at radius 2 is 1.95 bits per heavy atom. The number of aliphatic carboxylic acids is 1. The number of hydrogen-bond donors (Lipinski definition) is 2. The molecule has 2 N–H and O–H groups in total. The first-order chi connectivity index (χ1) is 9.86. The van der Waals surface area contributed by atoms with Crippen LogP contribution in [-0.4, -0.2) is 56.0 Å². The molecule has 1 aliphatic rings. The number of carboxylic acids is 1. The van der Waals surface area contributed by atoms with Gasteiger partial charge in [-0.15, -0.1) is 0 Å². The Bertz CT molecular complexity index is 456. The Labute approximate surface area is 124 Å². The third-order valence-electron chi connectivity index (χ3n) is 3.29. The molecule has 122 valence electrons. The molecule has 1 aliphatic heterocycles. The summed E-state index contributed by atoms with van der Waals surface area (Å²) in [5.74, 6) is -1.70. The highest BCUT2D eigenvalue weighted by Gasteiger charge is 2.30. The maximum atomic E-state index is 12.0. The summed E-state index contributed by atoms with van der Waals surface area (Å²) in [6, 6.07) is 0. The molecule has 0 aliphatic carbocycles. The monoisotopic (exact) mass is 322 g/mol. The standard InChI is InChI=1S/C12H22N2O6S/c1-2-20-11(15)4-3-7-13-21(18,19)14-8-5-10(6-9-14)12(16)17/h10,13H,2-9H2,1H3,(H,16,17). The number of esters is 1. The minimum atomic E-state index is -3.60. The highest BCUT2D eigenvalue weighted by Crippen LogP contribution is 2.19. The van der Waals surface area contributed by atoms with Gasteiger partial charge in [0.15, 0.2) is 0 Å². The minimum absolute atomic E-state index is 0.153. The van der Waals surface area contributed by atoms with Crippen molar-refractivity contribution in [2.45, 2.75) is 32.6 Å². The number of hydrogen-bond acceptors (Lipinski definition) is 5. The second-order valence-electron chi connectivity index (χ2n) is 4.82. The molecule has 0 amide bonds. The normalized spacial score (nSPS) is 17.6. The van der Waals surface area contributed by atoms with E-state index in [1.165, 1.54) is 4.31 Å². The first kappa shape index (κ1) is 17.9. The van der Waals surface area contributed by atoms with Crippen LogP contribution in [0, 0.1) is 5.92 Å². The zero-order valence-electron chi connectivity index (χ0n) is 12.1. The van der Waals surface area contributed by atoms with Gasteiger partial charge >= 0.3 is 11.9 Å². The predicted molar refractivity (Wildman–Crippen MR) is 74.7 cm³/mol. The van der Waals surface area contributed by atoms with Gasteiger partial charge in [-0.2, -0.15) is 12.7 Å². The van der Waals surface area contributed by atoms with Crippen molar-refractivity contribution in [3.63, 3.8) is 0 Å². The van der Waals surface area contributed by atoms with Crippen LogP contribution in [0.15, 0.2) is 0 Å². The first-order valence-corrected chi connectivity index (χ1v) is 8.44. The number of ether oxygens (including phenoxy) is 1. The van der Waals surface area contributed by atoms with E-state index < -0.39 is 22.1 Å². The zero-order chi connectivity index (χ0) is 15.9. The van der Waals surface area contributed by atoms with Crippen LogP contribution >= 0.6 is 0 Å². The van der Waals surface area contributed by atoms with Gasteiger partial charge in [0.2, 0.25) is 0 Å². The van der Waals surface area contributed by atoms with Crippen molar-refractivity contribution in [2.24, 2.45) is 5.92 Å². The van der Waals surface area contributed by atoms with Crippen molar-refractivity contribution in [2.75, 3.05) is 26.2 Å². The third kappa shape index (κ3) is 5.98. The maximum absolute atomic E-state index is 12.0. The van der Waals surface area contributed by atoms with Crippen molar-refractivity contribution >= 4 is 22.1 Å². The van der Waals surface area contributed by atoms with Gasteiger partial charge < -0.3 is 9.84 Å². The summed E-state index contributed by atoms with van der Waals surface area (Å²) in [6.45, 7) is 2.57. The Hall–Kier alpha value is -1.19. The molecule has 0 bridgehead atoms. The van der Waals surface area contributed by atoms with Gasteiger partial charge in [0, 0.05) is 26.1 Å². The molecule has 1 saturated heterocycles. The van der Waals surface area contributed by atoms with Crippen LogP contribution in [0.25, 0.3) is 0 Å². The highest BCUT2D eigenvalue weighted by atomic mass is 32.2. The van der Waals surface area contributed by atoms with Crippen molar-refractivity contribution in [3.05, 3.63) is 0 Å². The Morgan fingerprint density at radius 1 is 1.33 bits per heavy atom. The van der Waals surface area contributed by atoms with E-state index in [-0.39, 0.29) is 32.0 Å². The van der Waals surface area contributed by atoms with Crippen LogP contribution in [0.5, 0.6) is 0 Å². The fraction of sp³-hybridized carbons (Fsp3) is 0.833. The van der Waals surface area contributed by atoms with Gasteiger partial charge in [-0.3, -0.25) is 9.59 Å². The fourth-order valence-electron chi connectivity index (χ4n) is 2.10. The van der Waals surface area contributed by atoms with Crippen LogP contribution in [0.3, 0.4) is 0 Å². The molecule has 0 aromatic heterocycles. The van der Waals surface area contributed by atoms with Crippen LogP contribution in [0.2, 0.25) is 0 Å². The average Bonchev–Trinajstić information content (AvgIpc) is 2.44. The van der Waals surface area contributed by atoms with Crippen molar-refractivity contribution in [1.82, 2.24) is 9.03 Å². The second kappa shape index (κ2) is 8.30. The van der Waals surface area contributed by atoms with Crippen LogP contribution in [0.4, 0.5) is 0 Å². The Morgan fingerprint density at radius 3 is 2.48 bits per heavy atom. The molecule has 1 fully saturated rings. The van der Waals surface area contributed by atoms with Crippen molar-refractivity contribution in [1.29, 1.82) is 0 Å². The summed E-state index contributed by atoms with van der Waals surface area (Å²) >= 11 is 0. The van der Waals surface area contributed by atoms with Gasteiger partial charge in [0.25, 0.3) is 10.2 Å². The van der Waals surface area contributed by atoms with E-state index in [1.807, 2.05) is 0 Å². The number of nitrogens with zero attached hydrogens (tertiary/aromatic N) is 1. The zero-order valence-corrected chi connectivity index (χ0v) is 12.9. The number of carboxylic acid groups (broad SMARTS) is 1. The summed E-state index contributed by atoms with van der Waals surface area (Å²) in [5, 5.41) is 8.87. The summed E-state index contributed by atoms with van der Waals surface area (Å²) < 4.78 is 32.4. The highest BCUT2D eigenvalue weighted by molar-refractivity contribution is 7.87. The average molecular weight is 322 g/mol. The lowest BCUT2D eigenvalue weighted by Crippen LogP contribution is -2.46. The number of piperidine rings is 1. The number of carbonyl (C=O) groups is 2. The molecule has 0 saturated carbocycles. The minimum Gasteiger partial charge on any atom is -0.481 e. The molecule has 1 heterocycles. The Kier molecular flexibility index (Phi) is 7.06. The maximum Gasteiger partial charge on any atom is 0.306 e. The van der Waals surface area contributed by atoms with E-state index in [9.17, 15) is 18.0 Å². The number of rotatable bonds is 8. The lowest BCUT2D eigenvalue weighted by Gasteiger charge is -2.29. The van der Waals surface area contributed by atoms with Gasteiger partial charge in [-0.25, -0.2) is 4.72 Å². The predicted octanol–water partition coefficient (Wildman–Crippen LogP) is -0.0393. The van der Waals surface area contributed by atoms with E-state index >= 15 is 0 Å². The van der Waals surface area contributed by atoms with E-state index in [2.05, 4.69) is 4.72 Å². The molecule has 0 aromatic carbocycles. The van der Waals surface area contributed by atoms with Gasteiger partial charge in [-0.1, -0.05) is 0 Å². The molecule has 0 spiro atoms. The lowest BCUT2D eigenvalue weighted by molar-refractivity contribution is -0.144. The summed E-state index contributed by atoms with van der Waals surface area (Å²) in [7, 11) is -3.60. The largest absolute Gasteiger partial charge is 0.481 e. The third-order valence-corrected chi connectivity index (χ3v) is 4.90. The van der Waals surface area contributed by atoms with E-state index in [0.29, 0.717) is 25.9 Å². The van der Waals surface area contributed by atoms with Crippen LogP contribution in [-0.2, 0) is 24.5 Å². The molecule has 9 heteroatoms. The van der Waals surface area contributed by atoms with E-state index in [0.717, 1.165) is 0 Å². The van der Waals surface area contributed by atoms with Crippen LogP contribution in [0.1, 0.15) is 32.6 Å². The molecule has 0 atom stereocenters. The Balaban J connectivity index is 2.31. The molecule has 0 unspecified atom stereocenters. The van der Waals surface area contributed by atoms with Gasteiger partial charge in [0.05, 0.1) is 12.5 Å². The molecule has 1 rings (SSSR count). The topological polar surface area (TPSA) is 113 Å². The second-order valence-corrected chi connectivity index (χ2v) is 6.57. The summed E-state index contributed by atoms with van der Waals surface area (Å²) in [6.07, 6.45) is 1.17. The number of carbonyl (C=O) groups excluding carboxylic acids is 1. The number of nitrogens with one attached hydrogen (secondary N) is 1. The van der Waals surface area contributed by atoms with Gasteiger partial charge in [0.1, 0.15) is 0 Å². The molecular weight excluding hydrogens is 300 g/mol. The quantitative estimate of drug-likeness (QED) is 0.479. The van der Waals surface area contributed by atoms with Crippen LogP contribution < -0.4 is 4.72 Å². The summed E-state index contributed by atoms with van der Waals surface area (Å²) in [4.78, 5) is 21.9. The SMILES string of the molecule is CCOC(=O)CCCNS(=O)(=O)N1CCC(C(=O)O)CC1. The molecule has 8 nitrogen and oxygen atoms in total. The molecule has 0 radical (unpaired) electrons. The van der Waals surface area contributed by atoms with E-state index in [4.69, 9.17) is 9.84 Å². The fourth-order valence-corrected chi connectivity index (χ4v) is 3.38. The van der Waals surface area contributed by atoms with Crippen molar-refractivity contribution < 1.29 is 27.9 Å². The van der Waals surface area contributed by atoms with Gasteiger partial charge in [-0.05, 0) is 26.2 Å². The molecule has 21 heavy (non-hydrogen) atoms. The smallest absolute Gasteiger partial charge is 0.306 e. The van der Waals surface area contributed by atoms with Crippen molar-refractivity contribution in [3.8, 4) is 0 Å². The van der Waals surface area contributed by atoms with E-state index in [1.54, 1.807) is 6.92 Å².